The number of pyridine rings is 1. The van der Waals surface area contributed by atoms with E-state index in [9.17, 15) is 18.4 Å². The van der Waals surface area contributed by atoms with Gasteiger partial charge >= 0.3 is 0 Å². The van der Waals surface area contributed by atoms with Crippen molar-refractivity contribution in [3.05, 3.63) is 82.6 Å². The Morgan fingerprint density at radius 1 is 1.10 bits per heavy atom. The van der Waals surface area contributed by atoms with Crippen LogP contribution in [0.3, 0.4) is 0 Å². The highest BCUT2D eigenvalue weighted by molar-refractivity contribution is 5.95. The number of benzene rings is 1. The van der Waals surface area contributed by atoms with Gasteiger partial charge in [-0.15, -0.1) is 0 Å². The van der Waals surface area contributed by atoms with Crippen LogP contribution in [0.4, 0.5) is 14.6 Å². The molecular weight excluding hydrogens is 382 g/mol. The lowest BCUT2D eigenvalue weighted by Gasteiger charge is -2.09. The van der Waals surface area contributed by atoms with Gasteiger partial charge in [-0.3, -0.25) is 14.6 Å². The average Bonchev–Trinajstić information content (AvgIpc) is 2.69. The number of nitrogens with zero attached hydrogens (tertiary/aromatic N) is 3. The molecule has 8 nitrogen and oxygen atoms in total. The molecule has 148 valence electrons. The van der Waals surface area contributed by atoms with Crippen LogP contribution >= 0.6 is 0 Å². The number of carbonyl (C=O) groups is 2. The molecule has 0 saturated heterocycles. The van der Waals surface area contributed by atoms with Crippen molar-refractivity contribution in [2.24, 2.45) is 5.73 Å². The van der Waals surface area contributed by atoms with Crippen LogP contribution in [0.25, 0.3) is 0 Å². The Balaban J connectivity index is 1.73. The molecule has 0 aliphatic heterocycles. The quantitative estimate of drug-likeness (QED) is 0.573. The summed E-state index contributed by atoms with van der Waals surface area (Å²) < 4.78 is 27.3. The van der Waals surface area contributed by atoms with Crippen LogP contribution in [0.15, 0.2) is 42.9 Å². The summed E-state index contributed by atoms with van der Waals surface area (Å²) in [6.45, 7) is -0.313. The van der Waals surface area contributed by atoms with Gasteiger partial charge in [0.1, 0.15) is 11.6 Å². The molecule has 0 atom stereocenters. The van der Waals surface area contributed by atoms with Crippen molar-refractivity contribution in [1.29, 1.82) is 0 Å². The van der Waals surface area contributed by atoms with Crippen molar-refractivity contribution in [2.75, 3.05) is 5.73 Å². The Bertz CT molecular complexity index is 1070. The van der Waals surface area contributed by atoms with E-state index in [1.54, 1.807) is 6.07 Å². The van der Waals surface area contributed by atoms with E-state index >= 15 is 0 Å². The number of amides is 2. The zero-order valence-corrected chi connectivity index (χ0v) is 15.0. The van der Waals surface area contributed by atoms with E-state index < -0.39 is 23.4 Å². The van der Waals surface area contributed by atoms with Crippen LogP contribution in [0.2, 0.25) is 0 Å². The van der Waals surface area contributed by atoms with Gasteiger partial charge in [0.2, 0.25) is 0 Å². The number of halogens is 2. The topological polar surface area (TPSA) is 137 Å². The fraction of sp³-hybridized carbons (Fsp3) is 0.105. The highest BCUT2D eigenvalue weighted by Gasteiger charge is 2.14. The number of nitrogens with one attached hydrogen (secondary N) is 1. The minimum Gasteiger partial charge on any atom is -0.382 e. The maximum Gasteiger partial charge on any atom is 0.271 e. The number of carbonyl (C=O) groups excluding carboxylic acids is 2. The lowest BCUT2D eigenvalue weighted by atomic mass is 10.1. The number of rotatable bonds is 6. The minimum absolute atomic E-state index is 0.0760. The van der Waals surface area contributed by atoms with E-state index in [0.717, 1.165) is 12.1 Å². The van der Waals surface area contributed by atoms with Gasteiger partial charge in [0, 0.05) is 30.9 Å². The van der Waals surface area contributed by atoms with Crippen molar-refractivity contribution >= 4 is 17.6 Å². The first kappa shape index (κ1) is 19.8. The van der Waals surface area contributed by atoms with Crippen molar-refractivity contribution in [3.63, 3.8) is 0 Å². The van der Waals surface area contributed by atoms with Crippen molar-refractivity contribution in [3.8, 4) is 0 Å². The molecule has 5 N–H and O–H groups in total. The lowest BCUT2D eigenvalue weighted by molar-refractivity contribution is 0.0948. The van der Waals surface area contributed by atoms with E-state index in [1.807, 2.05) is 0 Å². The van der Waals surface area contributed by atoms with E-state index in [4.69, 9.17) is 11.5 Å². The predicted octanol–water partition coefficient (Wildman–Crippen LogP) is 1.35. The predicted molar refractivity (Wildman–Crippen MR) is 99.5 cm³/mol. The SMILES string of the molecule is NC(=O)c1nc(Cc2cncc(C(=O)NCc3c(F)cccc3F)c2)cnc1N. The van der Waals surface area contributed by atoms with E-state index in [1.165, 1.54) is 24.7 Å². The van der Waals surface area contributed by atoms with Gasteiger partial charge in [-0.25, -0.2) is 18.7 Å². The van der Waals surface area contributed by atoms with Gasteiger partial charge in [-0.2, -0.15) is 0 Å². The van der Waals surface area contributed by atoms with Crippen molar-refractivity contribution in [2.45, 2.75) is 13.0 Å². The van der Waals surface area contributed by atoms with Gasteiger partial charge in [-0.05, 0) is 23.8 Å². The number of hydrogen-bond donors (Lipinski definition) is 3. The van der Waals surface area contributed by atoms with Crippen LogP contribution in [-0.4, -0.2) is 26.8 Å². The first-order valence-corrected chi connectivity index (χ1v) is 8.41. The molecule has 0 aliphatic rings. The molecule has 0 saturated carbocycles. The summed E-state index contributed by atoms with van der Waals surface area (Å²) in [7, 11) is 0. The Hall–Kier alpha value is -3.95. The zero-order chi connectivity index (χ0) is 21.0. The largest absolute Gasteiger partial charge is 0.382 e. The first-order chi connectivity index (χ1) is 13.8. The number of primary amides is 1. The Kier molecular flexibility index (Phi) is 5.72. The monoisotopic (exact) mass is 398 g/mol. The van der Waals surface area contributed by atoms with Crippen LogP contribution in [0, 0.1) is 11.6 Å². The van der Waals surface area contributed by atoms with Gasteiger partial charge in [0.15, 0.2) is 11.5 Å². The summed E-state index contributed by atoms with van der Waals surface area (Å²) in [6, 6.07) is 5.01. The normalized spacial score (nSPS) is 10.6. The zero-order valence-electron chi connectivity index (χ0n) is 15.0. The molecule has 3 rings (SSSR count). The van der Waals surface area contributed by atoms with E-state index in [0.29, 0.717) is 11.3 Å². The third kappa shape index (κ3) is 4.67. The van der Waals surface area contributed by atoms with Gasteiger partial charge in [0.05, 0.1) is 17.5 Å². The number of hydrogen-bond acceptors (Lipinski definition) is 6. The maximum atomic E-state index is 13.7. The fourth-order valence-electron chi connectivity index (χ4n) is 2.59. The molecule has 3 aromatic rings. The van der Waals surface area contributed by atoms with Crippen molar-refractivity contribution in [1.82, 2.24) is 20.3 Å². The molecule has 10 heteroatoms. The summed E-state index contributed by atoms with van der Waals surface area (Å²) in [5.41, 5.74) is 11.6. The Labute approximate surface area is 164 Å². The standard InChI is InChI=1S/C19H16F2N6O2/c20-14-2-1-3-15(21)13(14)9-26-19(29)11-4-10(6-24-7-11)5-12-8-25-17(22)16(27-12)18(23)28/h1-4,6-8H,5,9H2,(H2,22,25)(H2,23,28)(H,26,29). The Morgan fingerprint density at radius 2 is 1.83 bits per heavy atom. The lowest BCUT2D eigenvalue weighted by Crippen LogP contribution is -2.24. The van der Waals surface area contributed by atoms with Gasteiger partial charge in [0.25, 0.3) is 11.8 Å². The molecule has 2 aromatic heterocycles. The highest BCUT2D eigenvalue weighted by Crippen LogP contribution is 2.13. The molecular formula is C19H16F2N6O2. The third-order valence-electron chi connectivity index (χ3n) is 4.01. The fourth-order valence-corrected chi connectivity index (χ4v) is 2.59. The summed E-state index contributed by atoms with van der Waals surface area (Å²) in [4.78, 5) is 35.6. The molecule has 0 fully saturated rings. The summed E-state index contributed by atoms with van der Waals surface area (Å²) in [5, 5.41) is 2.45. The van der Waals surface area contributed by atoms with Crippen LogP contribution in [0.5, 0.6) is 0 Å². The first-order valence-electron chi connectivity index (χ1n) is 8.41. The molecule has 2 amide bonds. The van der Waals surface area contributed by atoms with Crippen LogP contribution in [-0.2, 0) is 13.0 Å². The molecule has 0 bridgehead atoms. The van der Waals surface area contributed by atoms with Crippen molar-refractivity contribution < 1.29 is 18.4 Å². The van der Waals surface area contributed by atoms with Gasteiger partial charge in [-0.1, -0.05) is 6.07 Å². The molecule has 0 unspecified atom stereocenters. The summed E-state index contributed by atoms with van der Waals surface area (Å²) in [6.07, 6.45) is 4.43. The van der Waals surface area contributed by atoms with Crippen LogP contribution in [0.1, 0.15) is 37.7 Å². The molecule has 1 aromatic carbocycles. The second-order valence-electron chi connectivity index (χ2n) is 6.10. The average molecular weight is 398 g/mol. The maximum absolute atomic E-state index is 13.7. The number of nitrogen functional groups attached to an aromatic ring is 1. The smallest absolute Gasteiger partial charge is 0.271 e. The number of nitrogens with two attached hydrogens (primary N) is 2. The molecule has 29 heavy (non-hydrogen) atoms. The molecule has 0 radical (unpaired) electrons. The van der Waals surface area contributed by atoms with Gasteiger partial charge < -0.3 is 16.8 Å². The number of aromatic nitrogens is 3. The number of anilines is 1. The summed E-state index contributed by atoms with van der Waals surface area (Å²) >= 11 is 0. The van der Waals surface area contributed by atoms with E-state index in [-0.39, 0.29) is 35.6 Å². The second-order valence-corrected chi connectivity index (χ2v) is 6.10. The molecule has 0 aliphatic carbocycles. The molecule has 0 spiro atoms. The Morgan fingerprint density at radius 3 is 2.52 bits per heavy atom. The summed E-state index contributed by atoms with van der Waals surface area (Å²) in [5.74, 6) is -2.92. The second kappa shape index (κ2) is 8.38. The van der Waals surface area contributed by atoms with Crippen LogP contribution < -0.4 is 16.8 Å². The minimum atomic E-state index is -0.802. The highest BCUT2D eigenvalue weighted by atomic mass is 19.1. The molecule has 2 heterocycles. The van der Waals surface area contributed by atoms with E-state index in [2.05, 4.69) is 20.3 Å². The third-order valence-corrected chi connectivity index (χ3v) is 4.01.